The first-order chi connectivity index (χ1) is 9.07. The van der Waals surface area contributed by atoms with Crippen LogP contribution in [0.25, 0.3) is 10.4 Å². The number of amides is 2. The lowest BCUT2D eigenvalue weighted by Crippen LogP contribution is -2.41. The molecule has 1 unspecified atom stereocenters. The van der Waals surface area contributed by atoms with E-state index in [1.54, 1.807) is 0 Å². The summed E-state index contributed by atoms with van der Waals surface area (Å²) in [5.41, 5.74) is 13.7. The Morgan fingerprint density at radius 3 is 2.58 bits per heavy atom. The SMILES string of the molecule is [N-]=[N+]=NCCCNC(=O)C(N)CCCCNC(=O)O. The maximum Gasteiger partial charge on any atom is 0.404 e. The summed E-state index contributed by atoms with van der Waals surface area (Å²) in [6.45, 7) is 1.12. The van der Waals surface area contributed by atoms with Crippen LogP contribution in [0.2, 0.25) is 0 Å². The molecule has 108 valence electrons. The van der Waals surface area contributed by atoms with Crippen molar-refractivity contribution in [2.24, 2.45) is 10.8 Å². The molecule has 9 nitrogen and oxygen atoms in total. The van der Waals surface area contributed by atoms with Gasteiger partial charge in [0.15, 0.2) is 0 Å². The Morgan fingerprint density at radius 2 is 1.95 bits per heavy atom. The number of azide groups is 1. The van der Waals surface area contributed by atoms with Gasteiger partial charge in [-0.1, -0.05) is 5.11 Å². The molecule has 0 rings (SSSR count). The number of nitrogens with two attached hydrogens (primary N) is 1. The molecule has 0 aromatic carbocycles. The summed E-state index contributed by atoms with van der Waals surface area (Å²) in [5.74, 6) is -0.243. The van der Waals surface area contributed by atoms with Gasteiger partial charge in [0.1, 0.15) is 0 Å². The monoisotopic (exact) mass is 272 g/mol. The van der Waals surface area contributed by atoms with Crippen LogP contribution in [0.4, 0.5) is 4.79 Å². The van der Waals surface area contributed by atoms with E-state index >= 15 is 0 Å². The Kier molecular flexibility index (Phi) is 9.96. The minimum atomic E-state index is -1.05. The van der Waals surface area contributed by atoms with E-state index in [4.69, 9.17) is 16.4 Å². The molecule has 0 saturated carbocycles. The van der Waals surface area contributed by atoms with Crippen molar-refractivity contribution < 1.29 is 14.7 Å². The van der Waals surface area contributed by atoms with Crippen molar-refractivity contribution in [3.05, 3.63) is 10.4 Å². The minimum absolute atomic E-state index is 0.243. The lowest BCUT2D eigenvalue weighted by molar-refractivity contribution is -0.122. The summed E-state index contributed by atoms with van der Waals surface area (Å²) in [6.07, 6.45) is 1.34. The highest BCUT2D eigenvalue weighted by molar-refractivity contribution is 5.81. The van der Waals surface area contributed by atoms with Crippen LogP contribution in [0.5, 0.6) is 0 Å². The normalized spacial score (nSPS) is 11.2. The Bertz CT molecular complexity index is 329. The summed E-state index contributed by atoms with van der Waals surface area (Å²) in [6, 6.07) is -0.593. The van der Waals surface area contributed by atoms with Gasteiger partial charge in [-0.3, -0.25) is 4.79 Å². The third-order valence-electron chi connectivity index (χ3n) is 2.35. The fraction of sp³-hybridized carbons (Fsp3) is 0.800. The van der Waals surface area contributed by atoms with E-state index in [0.29, 0.717) is 45.3 Å². The van der Waals surface area contributed by atoms with Crippen LogP contribution >= 0.6 is 0 Å². The molecule has 9 heteroatoms. The van der Waals surface area contributed by atoms with Gasteiger partial charge < -0.3 is 21.5 Å². The number of carbonyl (C=O) groups is 2. The first-order valence-electron chi connectivity index (χ1n) is 6.09. The van der Waals surface area contributed by atoms with Crippen molar-refractivity contribution in [2.45, 2.75) is 31.7 Å². The zero-order valence-electron chi connectivity index (χ0n) is 10.7. The third kappa shape index (κ3) is 10.9. The van der Waals surface area contributed by atoms with Crippen LogP contribution in [0.3, 0.4) is 0 Å². The van der Waals surface area contributed by atoms with Crippen LogP contribution in [0, 0.1) is 0 Å². The molecule has 0 aromatic rings. The van der Waals surface area contributed by atoms with Gasteiger partial charge in [-0.25, -0.2) is 4.79 Å². The minimum Gasteiger partial charge on any atom is -0.465 e. The molecule has 0 bridgehead atoms. The Balaban J connectivity index is 3.53. The molecule has 5 N–H and O–H groups in total. The molecule has 0 heterocycles. The standard InChI is InChI=1S/C10H20N6O3/c11-8(4-1-2-5-14-10(18)19)9(17)13-6-3-7-15-16-12/h8,14H,1-7,11H2,(H,13,17)(H,18,19). The number of carbonyl (C=O) groups excluding carboxylic acids is 1. The zero-order chi connectivity index (χ0) is 14.5. The van der Waals surface area contributed by atoms with Crippen LogP contribution in [-0.2, 0) is 4.79 Å². The van der Waals surface area contributed by atoms with E-state index in [9.17, 15) is 9.59 Å². The molecule has 0 aliphatic carbocycles. The maximum absolute atomic E-state index is 11.5. The zero-order valence-corrected chi connectivity index (χ0v) is 10.7. The highest BCUT2D eigenvalue weighted by Gasteiger charge is 2.11. The number of nitrogens with zero attached hydrogens (tertiary/aromatic N) is 3. The summed E-state index contributed by atoms with van der Waals surface area (Å²) in [5, 5.41) is 16.6. The molecule has 0 spiro atoms. The number of hydrogen-bond acceptors (Lipinski definition) is 4. The van der Waals surface area contributed by atoms with Gasteiger partial charge in [0.05, 0.1) is 6.04 Å². The number of unbranched alkanes of at least 4 members (excludes halogenated alkanes) is 1. The Morgan fingerprint density at radius 1 is 1.26 bits per heavy atom. The van der Waals surface area contributed by atoms with Crippen molar-refractivity contribution >= 4 is 12.0 Å². The molecule has 0 saturated heterocycles. The predicted octanol–water partition coefficient (Wildman–Crippen LogP) is 0.568. The number of nitrogens with one attached hydrogen (secondary N) is 2. The van der Waals surface area contributed by atoms with E-state index in [-0.39, 0.29) is 5.91 Å². The number of hydrogen-bond donors (Lipinski definition) is 4. The van der Waals surface area contributed by atoms with Crippen LogP contribution in [-0.4, -0.2) is 42.8 Å². The van der Waals surface area contributed by atoms with Gasteiger partial charge in [-0.2, -0.15) is 0 Å². The lowest BCUT2D eigenvalue weighted by atomic mass is 10.1. The maximum atomic E-state index is 11.5. The van der Waals surface area contributed by atoms with Crippen LogP contribution in [0.15, 0.2) is 5.11 Å². The largest absolute Gasteiger partial charge is 0.465 e. The molecule has 1 atom stereocenters. The van der Waals surface area contributed by atoms with E-state index in [1.165, 1.54) is 0 Å². The fourth-order valence-electron chi connectivity index (χ4n) is 1.35. The highest BCUT2D eigenvalue weighted by atomic mass is 16.4. The molecule has 0 fully saturated rings. The Labute approximate surface area is 111 Å². The predicted molar refractivity (Wildman–Crippen MR) is 69.5 cm³/mol. The molecule has 2 amide bonds. The molecule has 0 aromatic heterocycles. The quantitative estimate of drug-likeness (QED) is 0.198. The first kappa shape index (κ1) is 17.0. The summed E-state index contributed by atoms with van der Waals surface area (Å²) in [4.78, 5) is 24.3. The number of rotatable bonds is 10. The van der Waals surface area contributed by atoms with Crippen LogP contribution < -0.4 is 16.4 Å². The summed E-state index contributed by atoms with van der Waals surface area (Å²) in [7, 11) is 0. The fourth-order valence-corrected chi connectivity index (χ4v) is 1.35. The second-order valence-electron chi connectivity index (χ2n) is 3.93. The summed E-state index contributed by atoms with van der Waals surface area (Å²) < 4.78 is 0. The molecule has 19 heavy (non-hydrogen) atoms. The van der Waals surface area contributed by atoms with Crippen molar-refractivity contribution in [2.75, 3.05) is 19.6 Å². The molecule has 0 radical (unpaired) electrons. The molecule has 0 aliphatic heterocycles. The summed E-state index contributed by atoms with van der Waals surface area (Å²) >= 11 is 0. The average molecular weight is 272 g/mol. The van der Waals surface area contributed by atoms with Crippen molar-refractivity contribution in [3.63, 3.8) is 0 Å². The lowest BCUT2D eigenvalue weighted by Gasteiger charge is -2.11. The van der Waals surface area contributed by atoms with E-state index in [2.05, 4.69) is 20.7 Å². The van der Waals surface area contributed by atoms with E-state index in [1.807, 2.05) is 0 Å². The van der Waals surface area contributed by atoms with Gasteiger partial charge in [0.2, 0.25) is 5.91 Å². The third-order valence-corrected chi connectivity index (χ3v) is 2.35. The topological polar surface area (TPSA) is 153 Å². The van der Waals surface area contributed by atoms with Gasteiger partial charge in [0, 0.05) is 24.5 Å². The van der Waals surface area contributed by atoms with Gasteiger partial charge in [0.25, 0.3) is 0 Å². The van der Waals surface area contributed by atoms with E-state index < -0.39 is 12.1 Å². The van der Waals surface area contributed by atoms with E-state index in [0.717, 1.165) is 0 Å². The van der Waals surface area contributed by atoms with Gasteiger partial charge >= 0.3 is 6.09 Å². The second-order valence-corrected chi connectivity index (χ2v) is 3.93. The first-order valence-corrected chi connectivity index (χ1v) is 6.09. The van der Waals surface area contributed by atoms with Crippen LogP contribution in [0.1, 0.15) is 25.7 Å². The molecular weight excluding hydrogens is 252 g/mol. The molecular formula is C10H20N6O3. The van der Waals surface area contributed by atoms with Crippen molar-refractivity contribution in [1.82, 2.24) is 10.6 Å². The van der Waals surface area contributed by atoms with Crippen molar-refractivity contribution in [1.29, 1.82) is 0 Å². The highest BCUT2D eigenvalue weighted by Crippen LogP contribution is 1.98. The van der Waals surface area contributed by atoms with Crippen molar-refractivity contribution in [3.8, 4) is 0 Å². The second kappa shape index (κ2) is 11.1. The smallest absolute Gasteiger partial charge is 0.404 e. The van der Waals surface area contributed by atoms with Gasteiger partial charge in [-0.05, 0) is 31.2 Å². The average Bonchev–Trinajstić information content (AvgIpc) is 2.37. The number of carboxylic acid groups (broad SMARTS) is 1. The molecule has 0 aliphatic rings. The van der Waals surface area contributed by atoms with Gasteiger partial charge in [-0.15, -0.1) is 0 Å². The Hall–Kier alpha value is -1.99.